The van der Waals surface area contributed by atoms with Crippen LogP contribution in [0.3, 0.4) is 0 Å². The Morgan fingerprint density at radius 2 is 2.40 bits per heavy atom. The second kappa shape index (κ2) is 2.20. The fourth-order valence-electron chi connectivity index (χ4n) is 1.61. The lowest BCUT2D eigenvalue weighted by atomic mass is 10.1. The average Bonchev–Trinajstić information content (AvgIpc) is 2.27. The first-order valence-corrected chi connectivity index (χ1v) is 3.78. The predicted molar refractivity (Wildman–Crippen MR) is 42.2 cm³/mol. The predicted octanol–water partition coefficient (Wildman–Crippen LogP) is 1.05. The number of likely N-dealkylation sites (N-methyl/N-ethyl adjacent to an activating group) is 1. The van der Waals surface area contributed by atoms with Gasteiger partial charge in [0.15, 0.2) is 0 Å². The fraction of sp³-hybridized carbons (Fsp3) is 0.625. The lowest BCUT2D eigenvalue weighted by Crippen LogP contribution is -2.14. The Labute approximate surface area is 61.2 Å². The van der Waals surface area contributed by atoms with E-state index in [1.165, 1.54) is 12.1 Å². The smallest absolute Gasteiger partial charge is 0.0545 e. The summed E-state index contributed by atoms with van der Waals surface area (Å²) in [7, 11) is 2.15. The molecule has 0 unspecified atom stereocenters. The van der Waals surface area contributed by atoms with Crippen LogP contribution in [0.15, 0.2) is 16.3 Å². The molecule has 2 rings (SSSR count). The molecule has 0 fully saturated rings. The molecular weight excluding hydrogens is 124 g/mol. The van der Waals surface area contributed by atoms with Gasteiger partial charge in [-0.3, -0.25) is 9.89 Å². The first kappa shape index (κ1) is 6.10. The first-order chi connectivity index (χ1) is 4.86. The Hall–Kier alpha value is -0.630. The molecule has 0 atom stereocenters. The number of aliphatic imine (C=N–C) groups is 1. The minimum Gasteiger partial charge on any atom is -0.297 e. The molecule has 0 N–H and O–H groups in total. The summed E-state index contributed by atoms with van der Waals surface area (Å²) in [5.41, 5.74) is 2.89. The van der Waals surface area contributed by atoms with Crippen LogP contribution in [0, 0.1) is 0 Å². The van der Waals surface area contributed by atoms with E-state index in [9.17, 15) is 0 Å². The van der Waals surface area contributed by atoms with Gasteiger partial charge in [-0.05, 0) is 25.5 Å². The zero-order chi connectivity index (χ0) is 6.97. The van der Waals surface area contributed by atoms with Crippen LogP contribution in [-0.2, 0) is 0 Å². The Morgan fingerprint density at radius 1 is 1.50 bits per heavy atom. The quantitative estimate of drug-likeness (QED) is 0.486. The summed E-state index contributed by atoms with van der Waals surface area (Å²) in [6.07, 6.45) is 4.42. The maximum Gasteiger partial charge on any atom is 0.0545 e. The summed E-state index contributed by atoms with van der Waals surface area (Å²) in [6, 6.07) is 0. The number of nitrogens with zero attached hydrogens (tertiary/aromatic N) is 2. The van der Waals surface area contributed by atoms with E-state index in [2.05, 4.69) is 16.9 Å². The van der Waals surface area contributed by atoms with Gasteiger partial charge in [0.05, 0.1) is 5.70 Å². The Balaban J connectivity index is 2.21. The average molecular weight is 136 g/mol. The lowest BCUT2D eigenvalue weighted by molar-refractivity contribution is 0.422. The van der Waals surface area contributed by atoms with Gasteiger partial charge in [-0.25, -0.2) is 0 Å². The van der Waals surface area contributed by atoms with Gasteiger partial charge in [0.25, 0.3) is 0 Å². The molecule has 2 aliphatic heterocycles. The maximum absolute atomic E-state index is 4.35. The van der Waals surface area contributed by atoms with E-state index in [1.54, 1.807) is 5.57 Å². The van der Waals surface area contributed by atoms with Crippen molar-refractivity contribution in [2.45, 2.75) is 12.8 Å². The summed E-state index contributed by atoms with van der Waals surface area (Å²) in [4.78, 5) is 6.67. The molecular formula is C8H12N2. The van der Waals surface area contributed by atoms with E-state index in [0.717, 1.165) is 19.5 Å². The molecule has 0 aromatic heterocycles. The van der Waals surface area contributed by atoms with Gasteiger partial charge < -0.3 is 0 Å². The Morgan fingerprint density at radius 3 is 3.20 bits per heavy atom. The van der Waals surface area contributed by atoms with Gasteiger partial charge in [-0.1, -0.05) is 0 Å². The molecule has 2 nitrogen and oxygen atoms in total. The first-order valence-electron chi connectivity index (χ1n) is 3.78. The normalized spacial score (nSPS) is 25.7. The zero-order valence-electron chi connectivity index (χ0n) is 6.30. The molecule has 0 aliphatic carbocycles. The molecule has 0 aromatic rings. The van der Waals surface area contributed by atoms with E-state index in [4.69, 9.17) is 0 Å². The van der Waals surface area contributed by atoms with Crippen LogP contribution in [0.2, 0.25) is 0 Å². The molecule has 0 saturated heterocycles. The monoisotopic (exact) mass is 136 g/mol. The largest absolute Gasteiger partial charge is 0.297 e. The van der Waals surface area contributed by atoms with Crippen molar-refractivity contribution >= 4 is 6.21 Å². The SMILES string of the molecule is CN1CC2=C(C1)N=CCC2. The third kappa shape index (κ3) is 0.886. The van der Waals surface area contributed by atoms with E-state index in [0.29, 0.717) is 0 Å². The second-order valence-corrected chi connectivity index (χ2v) is 3.07. The van der Waals surface area contributed by atoms with E-state index < -0.39 is 0 Å². The van der Waals surface area contributed by atoms with E-state index in [-0.39, 0.29) is 0 Å². The van der Waals surface area contributed by atoms with E-state index in [1.807, 2.05) is 6.21 Å². The lowest BCUT2D eigenvalue weighted by Gasteiger charge is -2.05. The van der Waals surface area contributed by atoms with Crippen LogP contribution in [0.5, 0.6) is 0 Å². The molecule has 0 radical (unpaired) electrons. The third-order valence-electron chi connectivity index (χ3n) is 2.11. The minimum absolute atomic E-state index is 1.06. The number of hydrogen-bond donors (Lipinski definition) is 0. The van der Waals surface area contributed by atoms with Gasteiger partial charge in [0.2, 0.25) is 0 Å². The van der Waals surface area contributed by atoms with Crippen molar-refractivity contribution in [1.29, 1.82) is 0 Å². The summed E-state index contributed by atoms with van der Waals surface area (Å²) in [6.45, 7) is 2.21. The molecule has 54 valence electrons. The van der Waals surface area contributed by atoms with E-state index >= 15 is 0 Å². The molecule has 0 spiro atoms. The highest BCUT2D eigenvalue weighted by Crippen LogP contribution is 2.23. The summed E-state index contributed by atoms with van der Waals surface area (Å²) in [5, 5.41) is 0. The summed E-state index contributed by atoms with van der Waals surface area (Å²) in [5.74, 6) is 0. The van der Waals surface area contributed by atoms with Crippen molar-refractivity contribution in [3.63, 3.8) is 0 Å². The van der Waals surface area contributed by atoms with Crippen molar-refractivity contribution in [2.24, 2.45) is 4.99 Å². The molecule has 0 saturated carbocycles. The summed E-state index contributed by atoms with van der Waals surface area (Å²) >= 11 is 0. The second-order valence-electron chi connectivity index (χ2n) is 3.07. The van der Waals surface area contributed by atoms with Gasteiger partial charge in [0, 0.05) is 19.3 Å². The molecule has 10 heavy (non-hydrogen) atoms. The minimum atomic E-state index is 1.06. The van der Waals surface area contributed by atoms with Crippen molar-refractivity contribution in [2.75, 3.05) is 20.1 Å². The Kier molecular flexibility index (Phi) is 1.34. The zero-order valence-corrected chi connectivity index (χ0v) is 6.30. The molecule has 0 amide bonds. The van der Waals surface area contributed by atoms with Crippen molar-refractivity contribution in [3.8, 4) is 0 Å². The van der Waals surface area contributed by atoms with Crippen molar-refractivity contribution in [3.05, 3.63) is 11.3 Å². The highest BCUT2D eigenvalue weighted by molar-refractivity contribution is 5.62. The number of rotatable bonds is 0. The standard InChI is InChI=1S/C8H12N2/c1-10-5-7-3-2-4-9-8(7)6-10/h4H,2-3,5-6H2,1H3. The van der Waals surface area contributed by atoms with Crippen LogP contribution < -0.4 is 0 Å². The van der Waals surface area contributed by atoms with Gasteiger partial charge in [-0.2, -0.15) is 0 Å². The molecule has 2 aliphatic rings. The van der Waals surface area contributed by atoms with Crippen molar-refractivity contribution in [1.82, 2.24) is 4.90 Å². The fourth-order valence-corrected chi connectivity index (χ4v) is 1.61. The number of hydrogen-bond acceptors (Lipinski definition) is 2. The van der Waals surface area contributed by atoms with Gasteiger partial charge >= 0.3 is 0 Å². The van der Waals surface area contributed by atoms with Crippen LogP contribution in [-0.4, -0.2) is 31.3 Å². The van der Waals surface area contributed by atoms with Crippen LogP contribution >= 0.6 is 0 Å². The highest BCUT2D eigenvalue weighted by atomic mass is 15.1. The third-order valence-corrected chi connectivity index (χ3v) is 2.11. The Bertz CT molecular complexity index is 203. The molecule has 2 heteroatoms. The molecule has 0 bridgehead atoms. The van der Waals surface area contributed by atoms with Crippen molar-refractivity contribution < 1.29 is 0 Å². The highest BCUT2D eigenvalue weighted by Gasteiger charge is 2.19. The van der Waals surface area contributed by atoms with Crippen LogP contribution in [0.4, 0.5) is 0 Å². The topological polar surface area (TPSA) is 15.6 Å². The molecule has 0 aromatic carbocycles. The summed E-state index contributed by atoms with van der Waals surface area (Å²) < 4.78 is 0. The van der Waals surface area contributed by atoms with Crippen LogP contribution in [0.25, 0.3) is 0 Å². The van der Waals surface area contributed by atoms with Gasteiger partial charge in [-0.15, -0.1) is 0 Å². The maximum atomic E-state index is 4.35. The molecule has 2 heterocycles. The van der Waals surface area contributed by atoms with Gasteiger partial charge in [0.1, 0.15) is 0 Å². The van der Waals surface area contributed by atoms with Crippen LogP contribution in [0.1, 0.15) is 12.8 Å².